The standard InChI is InChI=1S/C4H15N5O/c1-4(6-8-10)9(3)7-5-2/h4-8,10H,1-3H3. The van der Waals surface area contributed by atoms with E-state index >= 15 is 0 Å². The van der Waals surface area contributed by atoms with Crippen molar-refractivity contribution in [2.75, 3.05) is 14.1 Å². The molecule has 0 aromatic heterocycles. The van der Waals surface area contributed by atoms with Crippen molar-refractivity contribution in [1.82, 2.24) is 27.0 Å². The van der Waals surface area contributed by atoms with Gasteiger partial charge in [0.1, 0.15) is 0 Å². The highest BCUT2D eigenvalue weighted by Gasteiger charge is 2.04. The minimum absolute atomic E-state index is 0.0163. The Hall–Kier alpha value is -0.240. The van der Waals surface area contributed by atoms with Crippen molar-refractivity contribution < 1.29 is 5.21 Å². The third-order valence-electron chi connectivity index (χ3n) is 1.14. The Kier molecular flexibility index (Phi) is 5.40. The van der Waals surface area contributed by atoms with Crippen LogP contribution in [0.4, 0.5) is 0 Å². The van der Waals surface area contributed by atoms with Crippen LogP contribution in [0.1, 0.15) is 6.92 Å². The molecular formula is C4H15N5O. The lowest BCUT2D eigenvalue weighted by Gasteiger charge is -2.24. The largest absolute Gasteiger partial charge is 0.302 e. The quantitative estimate of drug-likeness (QED) is 0.239. The van der Waals surface area contributed by atoms with Gasteiger partial charge in [0.15, 0.2) is 0 Å². The molecule has 0 bridgehead atoms. The van der Waals surface area contributed by atoms with Crippen molar-refractivity contribution in [3.05, 3.63) is 0 Å². The minimum Gasteiger partial charge on any atom is -0.302 e. The van der Waals surface area contributed by atoms with Crippen LogP contribution in [0.2, 0.25) is 0 Å². The average molecular weight is 149 g/mol. The molecule has 0 aliphatic heterocycles. The summed E-state index contributed by atoms with van der Waals surface area (Å²) in [4.78, 5) is 0. The Balaban J connectivity index is 3.38. The van der Waals surface area contributed by atoms with Gasteiger partial charge in [-0.05, 0) is 14.0 Å². The maximum Gasteiger partial charge on any atom is 0.0864 e. The number of rotatable bonds is 5. The summed E-state index contributed by atoms with van der Waals surface area (Å²) in [6.07, 6.45) is -0.0163. The molecule has 62 valence electrons. The Morgan fingerprint density at radius 1 is 1.50 bits per heavy atom. The Morgan fingerprint density at radius 2 is 2.10 bits per heavy atom. The molecule has 0 aromatic carbocycles. The molecule has 0 aromatic rings. The van der Waals surface area contributed by atoms with Crippen molar-refractivity contribution in [2.45, 2.75) is 13.1 Å². The van der Waals surface area contributed by atoms with Gasteiger partial charge in [-0.3, -0.25) is 0 Å². The van der Waals surface area contributed by atoms with E-state index in [0.29, 0.717) is 0 Å². The first-order chi connectivity index (χ1) is 4.72. The number of nitrogens with zero attached hydrogens (tertiary/aromatic N) is 1. The maximum atomic E-state index is 8.22. The van der Waals surface area contributed by atoms with Gasteiger partial charge in [0.2, 0.25) is 0 Å². The number of hydrogen-bond donors (Lipinski definition) is 5. The van der Waals surface area contributed by atoms with Crippen LogP contribution in [-0.4, -0.2) is 30.5 Å². The second-order valence-corrected chi connectivity index (χ2v) is 1.90. The molecule has 0 rings (SSSR count). The van der Waals surface area contributed by atoms with Crippen LogP contribution >= 0.6 is 0 Å². The number of nitrogens with one attached hydrogen (secondary N) is 4. The average Bonchev–Trinajstić information content (AvgIpc) is 1.89. The fraction of sp³-hybridized carbons (Fsp3) is 1.00. The highest BCUT2D eigenvalue weighted by molar-refractivity contribution is 4.48. The van der Waals surface area contributed by atoms with Gasteiger partial charge < -0.3 is 5.21 Å². The fourth-order valence-corrected chi connectivity index (χ4v) is 0.463. The molecule has 0 aliphatic carbocycles. The molecule has 0 spiro atoms. The van der Waals surface area contributed by atoms with Gasteiger partial charge in [-0.15, -0.1) is 5.59 Å². The highest BCUT2D eigenvalue weighted by atomic mass is 16.5. The van der Waals surface area contributed by atoms with E-state index < -0.39 is 0 Å². The molecule has 0 aliphatic rings. The van der Waals surface area contributed by atoms with Crippen LogP contribution in [-0.2, 0) is 0 Å². The van der Waals surface area contributed by atoms with Crippen LogP contribution in [0.3, 0.4) is 0 Å². The predicted molar refractivity (Wildman–Crippen MR) is 37.5 cm³/mol. The lowest BCUT2D eigenvalue weighted by Crippen LogP contribution is -2.55. The van der Waals surface area contributed by atoms with E-state index in [0.717, 1.165) is 0 Å². The summed E-state index contributed by atoms with van der Waals surface area (Å²) in [5.74, 6) is 0. The molecule has 0 saturated heterocycles. The zero-order valence-corrected chi connectivity index (χ0v) is 6.47. The van der Waals surface area contributed by atoms with Gasteiger partial charge in [-0.25, -0.2) is 15.9 Å². The van der Waals surface area contributed by atoms with Crippen molar-refractivity contribution in [2.24, 2.45) is 0 Å². The molecular weight excluding hydrogens is 134 g/mol. The predicted octanol–water partition coefficient (Wildman–Crippen LogP) is -1.61. The summed E-state index contributed by atoms with van der Waals surface area (Å²) < 4.78 is 0. The van der Waals surface area contributed by atoms with E-state index in [2.05, 4.69) is 16.4 Å². The molecule has 6 heteroatoms. The van der Waals surface area contributed by atoms with E-state index in [4.69, 9.17) is 5.21 Å². The molecule has 0 saturated carbocycles. The first-order valence-corrected chi connectivity index (χ1v) is 3.02. The molecule has 1 atom stereocenters. The Morgan fingerprint density at radius 3 is 2.50 bits per heavy atom. The smallest absolute Gasteiger partial charge is 0.0864 e. The summed E-state index contributed by atoms with van der Waals surface area (Å²) in [7, 11) is 3.58. The van der Waals surface area contributed by atoms with Crippen LogP contribution in [0.5, 0.6) is 0 Å². The van der Waals surface area contributed by atoms with E-state index in [1.807, 2.05) is 19.6 Å². The highest BCUT2D eigenvalue weighted by Crippen LogP contribution is 1.80. The lowest BCUT2D eigenvalue weighted by molar-refractivity contribution is 0.0395. The minimum atomic E-state index is -0.0163. The SMILES string of the molecule is CNNN(C)C(C)NNO. The van der Waals surface area contributed by atoms with Gasteiger partial charge in [0.05, 0.1) is 6.17 Å². The van der Waals surface area contributed by atoms with Crippen molar-refractivity contribution in [3.63, 3.8) is 0 Å². The van der Waals surface area contributed by atoms with Crippen LogP contribution < -0.4 is 22.0 Å². The first kappa shape index (κ1) is 9.76. The van der Waals surface area contributed by atoms with Gasteiger partial charge in [-0.2, -0.15) is 5.53 Å². The molecule has 0 radical (unpaired) electrons. The van der Waals surface area contributed by atoms with Crippen molar-refractivity contribution >= 4 is 0 Å². The summed E-state index contributed by atoms with van der Waals surface area (Å²) >= 11 is 0. The van der Waals surface area contributed by atoms with Gasteiger partial charge in [0, 0.05) is 7.05 Å². The topological polar surface area (TPSA) is 71.6 Å². The van der Waals surface area contributed by atoms with E-state index in [-0.39, 0.29) is 6.17 Å². The van der Waals surface area contributed by atoms with Crippen molar-refractivity contribution in [3.8, 4) is 0 Å². The second kappa shape index (κ2) is 5.54. The summed E-state index contributed by atoms with van der Waals surface area (Å²) in [5.41, 5.74) is 9.94. The van der Waals surface area contributed by atoms with Crippen LogP contribution in [0.15, 0.2) is 0 Å². The molecule has 1 unspecified atom stereocenters. The zero-order valence-electron chi connectivity index (χ0n) is 6.47. The second-order valence-electron chi connectivity index (χ2n) is 1.90. The lowest BCUT2D eigenvalue weighted by atomic mass is 10.6. The Labute approximate surface area is 60.5 Å². The molecule has 0 amide bonds. The van der Waals surface area contributed by atoms with Crippen LogP contribution in [0.25, 0.3) is 0 Å². The summed E-state index contributed by atoms with van der Waals surface area (Å²) in [5, 5.41) is 9.96. The van der Waals surface area contributed by atoms with Gasteiger partial charge in [0.25, 0.3) is 0 Å². The summed E-state index contributed by atoms with van der Waals surface area (Å²) in [6.45, 7) is 1.87. The normalized spacial score (nSPS) is 14.1. The number of hydrazine groups is 3. The Bertz CT molecular complexity index is 70.0. The van der Waals surface area contributed by atoms with E-state index in [1.54, 1.807) is 12.1 Å². The molecule has 0 fully saturated rings. The van der Waals surface area contributed by atoms with Crippen LogP contribution in [0, 0.1) is 0 Å². The number of hydrogen-bond acceptors (Lipinski definition) is 6. The third-order valence-corrected chi connectivity index (χ3v) is 1.14. The maximum absolute atomic E-state index is 8.22. The molecule has 6 nitrogen and oxygen atoms in total. The van der Waals surface area contributed by atoms with Gasteiger partial charge in [-0.1, -0.05) is 0 Å². The third kappa shape index (κ3) is 3.72. The van der Waals surface area contributed by atoms with E-state index in [9.17, 15) is 0 Å². The fourth-order valence-electron chi connectivity index (χ4n) is 0.463. The zero-order chi connectivity index (χ0) is 7.98. The van der Waals surface area contributed by atoms with E-state index in [1.165, 1.54) is 0 Å². The summed E-state index contributed by atoms with van der Waals surface area (Å²) in [6, 6.07) is 0. The monoisotopic (exact) mass is 149 g/mol. The van der Waals surface area contributed by atoms with Gasteiger partial charge >= 0.3 is 0 Å². The molecule has 10 heavy (non-hydrogen) atoms. The molecule has 5 N–H and O–H groups in total. The molecule has 0 heterocycles. The van der Waals surface area contributed by atoms with Crippen molar-refractivity contribution in [1.29, 1.82) is 0 Å². The first-order valence-electron chi connectivity index (χ1n) is 3.02.